The minimum atomic E-state index is 0.0425. The molecule has 3 rings (SSSR count). The summed E-state index contributed by atoms with van der Waals surface area (Å²) in [5.74, 6) is 5.56. The molecule has 6 atom stereocenters. The second-order valence-corrected chi connectivity index (χ2v) is 17.8. The van der Waals surface area contributed by atoms with Gasteiger partial charge in [-0.05, 0) is 98.6 Å². The maximum absolute atomic E-state index is 5.57. The molecule has 6 heteroatoms. The number of likely N-dealkylation sites (tertiary alicyclic amines) is 1. The fraction of sp³-hybridized carbons (Fsp3) is 0.702. The van der Waals surface area contributed by atoms with E-state index in [1.54, 1.807) is 0 Å². The fourth-order valence-corrected chi connectivity index (χ4v) is 8.14. The molecule has 2 aliphatic carbocycles. The van der Waals surface area contributed by atoms with Crippen molar-refractivity contribution in [2.75, 3.05) is 33.7 Å². The van der Waals surface area contributed by atoms with Crippen LogP contribution < -0.4 is 26.6 Å². The largest absolute Gasteiger partial charge is 0.389 e. The van der Waals surface area contributed by atoms with Crippen LogP contribution >= 0.6 is 0 Å². The molecule has 3 aliphatic rings. The monoisotopic (exact) mass is 733 g/mol. The maximum atomic E-state index is 5.57. The molecule has 3 fully saturated rings. The normalized spacial score (nSPS) is 22.3. The van der Waals surface area contributed by atoms with Crippen LogP contribution in [0, 0.1) is 46.3 Å². The molecule has 5 N–H and O–H groups in total. The Bertz CT molecular complexity index is 1240. The Morgan fingerprint density at radius 1 is 0.981 bits per heavy atom. The molecule has 4 unspecified atom stereocenters. The molecule has 1 heterocycles. The molecule has 1 aliphatic heterocycles. The lowest BCUT2D eigenvalue weighted by Crippen LogP contribution is -2.53. The lowest BCUT2D eigenvalue weighted by Gasteiger charge is -2.47. The number of rotatable bonds is 20. The molecule has 302 valence electrons. The van der Waals surface area contributed by atoms with Gasteiger partial charge in [0, 0.05) is 43.6 Å². The Morgan fingerprint density at radius 2 is 1.60 bits per heavy atom. The van der Waals surface area contributed by atoms with Crippen LogP contribution in [0.15, 0.2) is 74.0 Å². The smallest absolute Gasteiger partial charge is 0.0915 e. The fourth-order valence-electron chi connectivity index (χ4n) is 8.14. The molecule has 0 aromatic rings. The first-order valence-corrected chi connectivity index (χ1v) is 20.7. The Balaban J connectivity index is 0.000000646. The van der Waals surface area contributed by atoms with E-state index in [0.29, 0.717) is 29.1 Å². The zero-order valence-corrected chi connectivity index (χ0v) is 36.5. The number of fused-ring (bicyclic) bond motifs is 1. The van der Waals surface area contributed by atoms with Gasteiger partial charge in [0.05, 0.1) is 23.9 Å². The first kappa shape index (κ1) is 48.0. The van der Waals surface area contributed by atoms with E-state index in [2.05, 4.69) is 133 Å². The van der Waals surface area contributed by atoms with Gasteiger partial charge in [-0.3, -0.25) is 0 Å². The van der Waals surface area contributed by atoms with Crippen LogP contribution in [-0.4, -0.2) is 56.8 Å². The number of piperidine rings is 1. The van der Waals surface area contributed by atoms with E-state index in [1.165, 1.54) is 50.6 Å². The van der Waals surface area contributed by atoms with Gasteiger partial charge in [0.15, 0.2) is 0 Å². The molecule has 2 saturated carbocycles. The molecular formula is C47H84N6. The maximum Gasteiger partial charge on any atom is 0.0915 e. The lowest BCUT2D eigenvalue weighted by atomic mass is 9.69. The minimum Gasteiger partial charge on any atom is -0.389 e. The van der Waals surface area contributed by atoms with E-state index in [-0.39, 0.29) is 23.5 Å². The zero-order valence-electron chi connectivity index (χ0n) is 36.5. The number of nitrogens with one attached hydrogen (secondary N) is 5. The highest BCUT2D eigenvalue weighted by Gasteiger charge is 2.68. The highest BCUT2D eigenvalue weighted by Crippen LogP contribution is 2.66. The van der Waals surface area contributed by atoms with Crippen molar-refractivity contribution in [1.82, 2.24) is 31.5 Å². The molecule has 53 heavy (non-hydrogen) atoms. The van der Waals surface area contributed by atoms with Gasteiger partial charge in [0.1, 0.15) is 0 Å². The van der Waals surface area contributed by atoms with Crippen LogP contribution in [0.4, 0.5) is 0 Å². The predicted molar refractivity (Wildman–Crippen MR) is 235 cm³/mol. The Hall–Kier alpha value is -3.04. The van der Waals surface area contributed by atoms with Gasteiger partial charge in [-0.1, -0.05) is 120 Å². The average Bonchev–Trinajstić information content (AvgIpc) is 3.41. The lowest BCUT2D eigenvalue weighted by molar-refractivity contribution is 0.133. The quantitative estimate of drug-likeness (QED) is 0.0635. The third-order valence-corrected chi connectivity index (χ3v) is 12.5. The molecule has 0 aromatic heterocycles. The van der Waals surface area contributed by atoms with Gasteiger partial charge in [-0.25, -0.2) is 0 Å². The summed E-state index contributed by atoms with van der Waals surface area (Å²) >= 11 is 0. The Kier molecular flexibility index (Phi) is 20.2. The Morgan fingerprint density at radius 3 is 2.08 bits per heavy atom. The third kappa shape index (κ3) is 14.3. The Labute approximate surface area is 329 Å². The number of allylic oxidation sites excluding steroid dienone is 1. The molecule has 0 radical (unpaired) electrons. The van der Waals surface area contributed by atoms with Crippen molar-refractivity contribution in [3.05, 3.63) is 74.0 Å². The van der Waals surface area contributed by atoms with Crippen molar-refractivity contribution >= 4 is 0 Å². The predicted octanol–water partition coefficient (Wildman–Crippen LogP) is 9.89. The van der Waals surface area contributed by atoms with Gasteiger partial charge in [0.2, 0.25) is 0 Å². The molecule has 0 spiro atoms. The summed E-state index contributed by atoms with van der Waals surface area (Å²) in [7, 11) is 3.88. The van der Waals surface area contributed by atoms with Crippen molar-refractivity contribution < 1.29 is 0 Å². The summed E-state index contributed by atoms with van der Waals surface area (Å²) in [5, 5.41) is 16.9. The summed E-state index contributed by atoms with van der Waals surface area (Å²) in [6, 6.07) is 0.354. The molecule has 0 bridgehead atoms. The minimum absolute atomic E-state index is 0.0425. The second-order valence-electron chi connectivity index (χ2n) is 17.8. The first-order chi connectivity index (χ1) is 24.8. The van der Waals surface area contributed by atoms with Crippen molar-refractivity contribution in [3.63, 3.8) is 0 Å². The molecule has 0 aromatic carbocycles. The first-order valence-electron chi connectivity index (χ1n) is 20.7. The van der Waals surface area contributed by atoms with Gasteiger partial charge in [-0.2, -0.15) is 0 Å². The van der Waals surface area contributed by atoms with Crippen molar-refractivity contribution in [2.45, 2.75) is 145 Å². The SMILES string of the molecule is C#CCCC(NC(=C)C1[C@@H]2[C@H](CN1C(=C)C(NC(=C)NC)C1(C)CCCCC1)C2(C)C)C(=C)C=C.C=C(CCC(C)C(C)(C)C)NCC.CCCNC. The summed E-state index contributed by atoms with van der Waals surface area (Å²) in [6.07, 6.45) is 18.7. The van der Waals surface area contributed by atoms with Gasteiger partial charge < -0.3 is 31.5 Å². The third-order valence-electron chi connectivity index (χ3n) is 12.5. The van der Waals surface area contributed by atoms with Crippen LogP contribution in [0.1, 0.15) is 127 Å². The number of nitrogens with zero attached hydrogens (tertiary/aromatic N) is 1. The average molecular weight is 733 g/mol. The standard InChI is InChI=1S/C31H48N4.C12H25N.C4H11N/c1-11-13-17-26(21(3)12-2)33-22(4)28-27-25(30(27,7)8)20-35(28)23(5)29(34-24(6)32-10)31(9)18-15-14-16-19-31;1-7-13-11(3)9-8-10(2)12(4,5)6;1-3-4-5-2/h1,12,25-29,32-34H,2-6,13-20H2,7-10H3;10,13H,3,7-9H2,1-2,4-6H3;5H,3-4H2,1-2H3/t25-,26?,27-,28?,29?;;/m0../s1. The molecule has 1 saturated heterocycles. The summed E-state index contributed by atoms with van der Waals surface area (Å²) in [6.45, 7) is 49.4. The number of hydrogen-bond acceptors (Lipinski definition) is 6. The highest BCUT2D eigenvalue weighted by atomic mass is 15.3. The molecule has 0 amide bonds. The number of terminal acetylenes is 1. The van der Waals surface area contributed by atoms with Crippen LogP contribution in [-0.2, 0) is 0 Å². The van der Waals surface area contributed by atoms with Crippen molar-refractivity contribution in [2.24, 2.45) is 34.0 Å². The summed E-state index contributed by atoms with van der Waals surface area (Å²) in [4.78, 5) is 2.53. The summed E-state index contributed by atoms with van der Waals surface area (Å²) in [5.41, 5.74) is 5.20. The second kappa shape index (κ2) is 22.4. The van der Waals surface area contributed by atoms with Crippen LogP contribution in [0.3, 0.4) is 0 Å². The van der Waals surface area contributed by atoms with Gasteiger partial charge in [0.25, 0.3) is 0 Å². The van der Waals surface area contributed by atoms with E-state index in [9.17, 15) is 0 Å². The van der Waals surface area contributed by atoms with Crippen LogP contribution in [0.5, 0.6) is 0 Å². The van der Waals surface area contributed by atoms with Crippen LogP contribution in [0.25, 0.3) is 0 Å². The van der Waals surface area contributed by atoms with Gasteiger partial charge in [-0.15, -0.1) is 12.3 Å². The van der Waals surface area contributed by atoms with Gasteiger partial charge >= 0.3 is 0 Å². The van der Waals surface area contributed by atoms with E-state index in [0.717, 1.165) is 61.2 Å². The van der Waals surface area contributed by atoms with Crippen LogP contribution in [0.2, 0.25) is 0 Å². The van der Waals surface area contributed by atoms with E-state index >= 15 is 0 Å². The van der Waals surface area contributed by atoms with Crippen molar-refractivity contribution in [3.8, 4) is 12.3 Å². The molecule has 6 nitrogen and oxygen atoms in total. The van der Waals surface area contributed by atoms with E-state index in [1.807, 2.05) is 20.2 Å². The highest BCUT2D eigenvalue weighted by molar-refractivity contribution is 5.32. The van der Waals surface area contributed by atoms with E-state index < -0.39 is 0 Å². The summed E-state index contributed by atoms with van der Waals surface area (Å²) < 4.78 is 0. The van der Waals surface area contributed by atoms with Crippen molar-refractivity contribution in [1.29, 1.82) is 0 Å². The number of hydrogen-bond donors (Lipinski definition) is 5. The topological polar surface area (TPSA) is 63.4 Å². The zero-order chi connectivity index (χ0) is 40.6. The molecular weight excluding hydrogens is 649 g/mol. The van der Waals surface area contributed by atoms with E-state index in [4.69, 9.17) is 13.0 Å².